The molecule has 3 aliphatic carbocycles. The van der Waals surface area contributed by atoms with Crippen molar-refractivity contribution in [3.05, 3.63) is 23.4 Å². The van der Waals surface area contributed by atoms with Crippen molar-refractivity contribution in [3.8, 4) is 0 Å². The second-order valence-corrected chi connectivity index (χ2v) is 7.92. The second kappa shape index (κ2) is 5.47. The summed E-state index contributed by atoms with van der Waals surface area (Å²) in [4.78, 5) is 26.1. The van der Waals surface area contributed by atoms with Crippen LogP contribution in [0.1, 0.15) is 19.3 Å². The minimum absolute atomic E-state index is 0.0485. The molecule has 3 unspecified atom stereocenters. The average molecular weight is 384 g/mol. The van der Waals surface area contributed by atoms with Gasteiger partial charge in [-0.25, -0.2) is 0 Å². The number of ketones is 2. The van der Waals surface area contributed by atoms with Crippen LogP contribution in [0, 0.1) is 10.8 Å². The Balaban J connectivity index is 2.00. The quantitative estimate of drug-likeness (QED) is 0.691. The first-order valence-electron chi connectivity index (χ1n) is 8.59. The molecule has 5 atom stereocenters. The molecule has 2 fully saturated rings. The van der Waals surface area contributed by atoms with Crippen molar-refractivity contribution in [2.75, 3.05) is 27.9 Å². The van der Waals surface area contributed by atoms with Crippen LogP contribution in [0.3, 0.4) is 0 Å². The topological polar surface area (TPSA) is 94.1 Å². The number of aliphatic hydroxyl groups is 1. The van der Waals surface area contributed by atoms with Crippen LogP contribution in [0.25, 0.3) is 0 Å². The van der Waals surface area contributed by atoms with Gasteiger partial charge in [0.15, 0.2) is 11.5 Å². The van der Waals surface area contributed by atoms with E-state index in [0.29, 0.717) is 25.1 Å². The first-order valence-corrected chi connectivity index (χ1v) is 9.03. The highest BCUT2D eigenvalue weighted by Crippen LogP contribution is 2.72. The Labute approximate surface area is 156 Å². The molecule has 1 saturated carbocycles. The van der Waals surface area contributed by atoms with Crippen molar-refractivity contribution >= 4 is 23.2 Å². The summed E-state index contributed by atoms with van der Waals surface area (Å²) < 4.78 is 16.2. The minimum atomic E-state index is -1.35. The van der Waals surface area contributed by atoms with E-state index in [2.05, 4.69) is 5.32 Å². The Bertz CT molecular complexity index is 763. The summed E-state index contributed by atoms with van der Waals surface area (Å²) in [6, 6.07) is 0. The first-order chi connectivity index (χ1) is 12.4. The molecule has 142 valence electrons. The lowest BCUT2D eigenvalue weighted by Gasteiger charge is -2.51. The molecule has 0 radical (unpaired) electrons. The minimum Gasteiger partial charge on any atom is -0.498 e. The van der Waals surface area contributed by atoms with E-state index in [9.17, 15) is 14.7 Å². The van der Waals surface area contributed by atoms with Crippen molar-refractivity contribution in [2.24, 2.45) is 10.8 Å². The molecular weight excluding hydrogens is 362 g/mol. The fourth-order valence-corrected chi connectivity index (χ4v) is 6.70. The molecule has 1 aliphatic heterocycles. The predicted octanol–water partition coefficient (Wildman–Crippen LogP) is 0.653. The standard InChI is InChI=1S/C18H22ClNO6/c1-24-10-6-12(22)18(14(10)23)11(19)8-17-15(26-3)13(25-2)9(21)7-16(17,18)4-5-20-17/h6,11,14,20,23H,4-5,7-8H2,1-3H3/t11-,14+,16?,17?,18?/m0/s1. The molecule has 2 N–H and O–H groups in total. The van der Waals surface area contributed by atoms with Crippen molar-refractivity contribution in [2.45, 2.75) is 36.3 Å². The van der Waals surface area contributed by atoms with E-state index in [1.165, 1.54) is 27.4 Å². The number of nitrogens with one attached hydrogen (secondary N) is 1. The van der Waals surface area contributed by atoms with Crippen molar-refractivity contribution in [3.63, 3.8) is 0 Å². The van der Waals surface area contributed by atoms with Gasteiger partial charge >= 0.3 is 0 Å². The van der Waals surface area contributed by atoms with Crippen LogP contribution in [0.5, 0.6) is 0 Å². The highest BCUT2D eigenvalue weighted by atomic mass is 35.5. The fraction of sp³-hybridized carbons (Fsp3) is 0.667. The van der Waals surface area contributed by atoms with E-state index in [1.54, 1.807) is 0 Å². The lowest BCUT2D eigenvalue weighted by atomic mass is 9.52. The Morgan fingerprint density at radius 1 is 1.23 bits per heavy atom. The molecule has 0 aromatic heterocycles. The van der Waals surface area contributed by atoms with Crippen molar-refractivity contribution in [1.82, 2.24) is 5.32 Å². The Morgan fingerprint density at radius 2 is 1.96 bits per heavy atom. The normalized spacial score (nSPS) is 44.3. The van der Waals surface area contributed by atoms with Gasteiger partial charge in [0, 0.05) is 17.9 Å². The zero-order valence-corrected chi connectivity index (χ0v) is 15.7. The number of carbonyl (C=O) groups excluding carboxylic acids is 2. The average Bonchev–Trinajstić information content (AvgIpc) is 3.16. The maximum absolute atomic E-state index is 13.2. The van der Waals surface area contributed by atoms with E-state index in [-0.39, 0.29) is 29.5 Å². The number of methoxy groups -OCH3 is 3. The molecule has 4 aliphatic rings. The number of alkyl halides is 1. The summed E-state index contributed by atoms with van der Waals surface area (Å²) in [6.45, 7) is 0.574. The smallest absolute Gasteiger partial charge is 0.201 e. The largest absolute Gasteiger partial charge is 0.498 e. The molecule has 1 heterocycles. The Kier molecular flexibility index (Phi) is 3.75. The summed E-state index contributed by atoms with van der Waals surface area (Å²) in [5, 5.41) is 13.8. The van der Waals surface area contributed by atoms with Gasteiger partial charge in [-0.1, -0.05) is 0 Å². The number of hydrogen-bond acceptors (Lipinski definition) is 7. The Hall–Kier alpha value is -1.57. The number of ether oxygens (including phenoxy) is 3. The summed E-state index contributed by atoms with van der Waals surface area (Å²) in [6.07, 6.45) is 1.01. The van der Waals surface area contributed by atoms with E-state index < -0.39 is 27.8 Å². The lowest BCUT2D eigenvalue weighted by molar-refractivity contribution is -0.146. The third-order valence-electron chi connectivity index (χ3n) is 6.90. The van der Waals surface area contributed by atoms with Crippen LogP contribution >= 0.6 is 11.6 Å². The summed E-state index contributed by atoms with van der Waals surface area (Å²) >= 11 is 6.77. The second-order valence-electron chi connectivity index (χ2n) is 7.39. The Morgan fingerprint density at radius 3 is 2.54 bits per heavy atom. The van der Waals surface area contributed by atoms with Crippen LogP contribution in [-0.4, -0.2) is 61.6 Å². The monoisotopic (exact) mass is 383 g/mol. The van der Waals surface area contributed by atoms with Gasteiger partial charge in [-0.15, -0.1) is 11.6 Å². The van der Waals surface area contributed by atoms with Crippen LogP contribution in [0.15, 0.2) is 23.4 Å². The van der Waals surface area contributed by atoms with Gasteiger partial charge in [0.2, 0.25) is 11.5 Å². The molecule has 1 saturated heterocycles. The van der Waals surface area contributed by atoms with Gasteiger partial charge in [-0.3, -0.25) is 9.59 Å². The SMILES string of the molecule is COC1=CC(=O)C2([C@@H]1O)[C@@H](Cl)CC13NCCC12CC(=O)C(OC)=C3OC. The van der Waals surface area contributed by atoms with Crippen LogP contribution in [0.2, 0.25) is 0 Å². The maximum Gasteiger partial charge on any atom is 0.201 e. The summed E-state index contributed by atoms with van der Waals surface area (Å²) in [7, 11) is 4.31. The molecule has 8 heteroatoms. The van der Waals surface area contributed by atoms with Gasteiger partial charge in [-0.05, 0) is 19.4 Å². The van der Waals surface area contributed by atoms with Crippen molar-refractivity contribution in [1.29, 1.82) is 0 Å². The third-order valence-corrected chi connectivity index (χ3v) is 7.40. The molecule has 4 rings (SSSR count). The number of carbonyl (C=O) groups is 2. The van der Waals surface area contributed by atoms with Crippen molar-refractivity contribution < 1.29 is 28.9 Å². The predicted molar refractivity (Wildman–Crippen MR) is 91.2 cm³/mol. The summed E-state index contributed by atoms with van der Waals surface area (Å²) in [5.74, 6) is 0.155. The molecule has 7 nitrogen and oxygen atoms in total. The third kappa shape index (κ3) is 1.59. The molecule has 26 heavy (non-hydrogen) atoms. The maximum atomic E-state index is 13.2. The number of Topliss-reactive ketones (excluding diaryl/α,β-unsaturated/α-hetero) is 1. The van der Waals surface area contributed by atoms with Crippen LogP contribution in [-0.2, 0) is 23.8 Å². The molecule has 1 spiro atoms. The van der Waals surface area contributed by atoms with Crippen LogP contribution in [0.4, 0.5) is 0 Å². The van der Waals surface area contributed by atoms with E-state index >= 15 is 0 Å². The van der Waals surface area contributed by atoms with Gasteiger partial charge in [0.1, 0.15) is 11.9 Å². The van der Waals surface area contributed by atoms with Gasteiger partial charge in [0.25, 0.3) is 0 Å². The molecule has 0 amide bonds. The highest BCUT2D eigenvalue weighted by molar-refractivity contribution is 6.25. The van der Waals surface area contributed by atoms with E-state index in [4.69, 9.17) is 25.8 Å². The number of aliphatic hydroxyl groups excluding tert-OH is 1. The molecule has 0 bridgehead atoms. The van der Waals surface area contributed by atoms with E-state index in [1.807, 2.05) is 0 Å². The number of rotatable bonds is 3. The molecule has 0 aromatic rings. The first kappa shape index (κ1) is 17.8. The zero-order chi connectivity index (χ0) is 18.9. The van der Waals surface area contributed by atoms with Crippen LogP contribution < -0.4 is 5.32 Å². The van der Waals surface area contributed by atoms with E-state index in [0.717, 1.165) is 0 Å². The number of hydrogen-bond donors (Lipinski definition) is 2. The van der Waals surface area contributed by atoms with Gasteiger partial charge in [-0.2, -0.15) is 0 Å². The van der Waals surface area contributed by atoms with Gasteiger partial charge in [0.05, 0.1) is 37.7 Å². The number of halogens is 1. The molecule has 0 aromatic carbocycles. The highest BCUT2D eigenvalue weighted by Gasteiger charge is 2.82. The fourth-order valence-electron chi connectivity index (χ4n) is 6.03. The summed E-state index contributed by atoms with van der Waals surface area (Å²) in [5.41, 5.74) is -3.10. The number of allylic oxidation sites excluding steroid dienone is 2. The zero-order valence-electron chi connectivity index (χ0n) is 14.9. The lowest BCUT2D eigenvalue weighted by Crippen LogP contribution is -2.63. The van der Waals surface area contributed by atoms with Gasteiger partial charge < -0.3 is 24.6 Å². The molecular formula is C18H22ClNO6.